The Morgan fingerprint density at radius 3 is 2.33 bits per heavy atom. The molecule has 0 unspecified atom stereocenters. The summed E-state index contributed by atoms with van der Waals surface area (Å²) in [7, 11) is 5.76. The predicted molar refractivity (Wildman–Crippen MR) is 74.8 cm³/mol. The fourth-order valence-electron chi connectivity index (χ4n) is 1.65. The van der Waals surface area contributed by atoms with E-state index in [0.717, 1.165) is 11.9 Å². The Balaban J connectivity index is 0.000000921. The number of rotatable bonds is 3. The molecule has 2 heteroatoms. The van der Waals surface area contributed by atoms with Gasteiger partial charge in [0.05, 0.1) is 0 Å². The minimum Gasteiger partial charge on any atom is -0.183 e. The number of hydrogen-bond acceptors (Lipinski definition) is 1. The lowest BCUT2D eigenvalue weighted by Crippen LogP contribution is -2.07. The summed E-state index contributed by atoms with van der Waals surface area (Å²) in [6.45, 7) is 6.64. The van der Waals surface area contributed by atoms with Crippen LogP contribution < -0.4 is 5.46 Å². The Morgan fingerprint density at radius 1 is 1.27 bits per heavy atom. The van der Waals surface area contributed by atoms with Crippen LogP contribution in [0.4, 0.5) is 0 Å². The molecule has 82 valence electrons. The first-order valence-electron chi connectivity index (χ1n) is 5.48. The van der Waals surface area contributed by atoms with Gasteiger partial charge in [0, 0.05) is 0 Å². The van der Waals surface area contributed by atoms with Crippen molar-refractivity contribution in [3.05, 3.63) is 29.3 Å². The normalized spacial score (nSPS) is 9.73. The molecule has 0 nitrogen and oxygen atoms in total. The molecular formula is C13H21BS. The summed E-state index contributed by atoms with van der Waals surface area (Å²) < 4.78 is 0. The van der Waals surface area contributed by atoms with Crippen molar-refractivity contribution in [1.82, 2.24) is 0 Å². The van der Waals surface area contributed by atoms with Crippen molar-refractivity contribution in [2.45, 2.75) is 39.5 Å². The van der Waals surface area contributed by atoms with E-state index in [0.29, 0.717) is 5.92 Å². The van der Waals surface area contributed by atoms with Crippen LogP contribution in [-0.4, -0.2) is 14.1 Å². The Labute approximate surface area is 101 Å². The van der Waals surface area contributed by atoms with Gasteiger partial charge in [-0.25, -0.2) is 0 Å². The van der Waals surface area contributed by atoms with E-state index in [-0.39, 0.29) is 0 Å². The lowest BCUT2D eigenvalue weighted by molar-refractivity contribution is 0.822. The Bertz CT molecular complexity index is 282. The van der Waals surface area contributed by atoms with Gasteiger partial charge in [-0.1, -0.05) is 50.9 Å². The lowest BCUT2D eigenvalue weighted by Gasteiger charge is -2.13. The van der Waals surface area contributed by atoms with Crippen LogP contribution in [0.2, 0.25) is 0 Å². The molecule has 1 aromatic carbocycles. The van der Waals surface area contributed by atoms with E-state index in [2.05, 4.69) is 45.5 Å². The van der Waals surface area contributed by atoms with Gasteiger partial charge in [0.25, 0.3) is 0 Å². The molecule has 0 aliphatic rings. The van der Waals surface area contributed by atoms with Crippen molar-refractivity contribution < 1.29 is 0 Å². The maximum absolute atomic E-state index is 5.76. The molecule has 0 aliphatic heterocycles. The van der Waals surface area contributed by atoms with E-state index in [4.69, 9.17) is 7.85 Å². The van der Waals surface area contributed by atoms with E-state index in [1.165, 1.54) is 17.5 Å². The van der Waals surface area contributed by atoms with E-state index in [9.17, 15) is 0 Å². The maximum Gasteiger partial charge on any atom is 0.113 e. The van der Waals surface area contributed by atoms with E-state index in [1.54, 1.807) is 6.26 Å². The molecule has 15 heavy (non-hydrogen) atoms. The van der Waals surface area contributed by atoms with Crippen molar-refractivity contribution in [3.63, 3.8) is 0 Å². The molecule has 0 aliphatic carbocycles. The number of aryl methyl sites for hydroxylation is 1. The maximum atomic E-state index is 5.76. The minimum atomic E-state index is 0.574. The zero-order chi connectivity index (χ0) is 11.8. The molecule has 2 radical (unpaired) electrons. The van der Waals surface area contributed by atoms with Gasteiger partial charge in [-0.15, -0.1) is 0 Å². The van der Waals surface area contributed by atoms with Gasteiger partial charge in [0.2, 0.25) is 0 Å². The largest absolute Gasteiger partial charge is 0.183 e. The van der Waals surface area contributed by atoms with Gasteiger partial charge in [-0.05, 0) is 29.7 Å². The number of thiol groups is 1. The molecule has 1 rings (SSSR count). The molecule has 1 aromatic rings. The lowest BCUT2D eigenvalue weighted by atomic mass is 9.87. The summed E-state index contributed by atoms with van der Waals surface area (Å²) in [5, 5.41) is 0. The van der Waals surface area contributed by atoms with Crippen molar-refractivity contribution >= 4 is 25.9 Å². The first kappa shape index (κ1) is 14.6. The number of benzene rings is 1. The standard InChI is InChI=1S/C12H17B.CH4S/c1-4-5-10-6-7-11(13)8-12(10)9(2)3;1-2/h6-9H,4-5H2,1-3H3;2H,1H3. The third-order valence-corrected chi connectivity index (χ3v) is 2.31. The quantitative estimate of drug-likeness (QED) is 0.587. The Kier molecular flexibility index (Phi) is 7.67. The minimum absolute atomic E-state index is 0.574. The summed E-state index contributed by atoms with van der Waals surface area (Å²) in [4.78, 5) is 0. The summed E-state index contributed by atoms with van der Waals surface area (Å²) in [6.07, 6.45) is 4.05. The molecule has 0 saturated carbocycles. The highest BCUT2D eigenvalue weighted by Gasteiger charge is 2.05. The second kappa shape index (κ2) is 7.87. The summed E-state index contributed by atoms with van der Waals surface area (Å²) in [5.74, 6) is 0.574. The van der Waals surface area contributed by atoms with Gasteiger partial charge in [-0.2, -0.15) is 12.6 Å². The Morgan fingerprint density at radius 2 is 1.87 bits per heavy atom. The molecule has 0 atom stereocenters. The van der Waals surface area contributed by atoms with Crippen molar-refractivity contribution in [2.75, 3.05) is 6.26 Å². The van der Waals surface area contributed by atoms with Crippen molar-refractivity contribution in [1.29, 1.82) is 0 Å². The predicted octanol–water partition coefficient (Wildman–Crippen LogP) is 3.10. The molecule has 0 bridgehead atoms. The van der Waals surface area contributed by atoms with E-state index in [1.807, 2.05) is 6.07 Å². The molecule has 0 N–H and O–H groups in total. The van der Waals surface area contributed by atoms with Crippen LogP contribution in [0.5, 0.6) is 0 Å². The van der Waals surface area contributed by atoms with Gasteiger partial charge >= 0.3 is 0 Å². The molecule has 0 fully saturated rings. The van der Waals surface area contributed by atoms with Crippen molar-refractivity contribution in [2.24, 2.45) is 0 Å². The first-order valence-corrected chi connectivity index (χ1v) is 6.37. The molecule has 0 saturated heterocycles. The topological polar surface area (TPSA) is 0 Å². The SMILES string of the molecule is CS.[B]c1ccc(CCC)c(C(C)C)c1. The van der Waals surface area contributed by atoms with Crippen LogP contribution in [0.1, 0.15) is 44.2 Å². The smallest absolute Gasteiger partial charge is 0.113 e. The zero-order valence-electron chi connectivity index (χ0n) is 10.2. The summed E-state index contributed by atoms with van der Waals surface area (Å²) >= 11 is 3.53. The molecule has 0 heterocycles. The first-order chi connectivity index (χ1) is 7.15. The van der Waals surface area contributed by atoms with E-state index < -0.39 is 0 Å². The Hall–Kier alpha value is -0.365. The van der Waals surface area contributed by atoms with Gasteiger partial charge < -0.3 is 0 Å². The number of hydrogen-bond donors (Lipinski definition) is 1. The molecular weight excluding hydrogens is 199 g/mol. The highest BCUT2D eigenvalue weighted by atomic mass is 32.1. The van der Waals surface area contributed by atoms with Crippen LogP contribution >= 0.6 is 12.6 Å². The fourth-order valence-corrected chi connectivity index (χ4v) is 1.65. The average molecular weight is 220 g/mol. The van der Waals surface area contributed by atoms with Crippen molar-refractivity contribution in [3.8, 4) is 0 Å². The summed E-state index contributed by atoms with van der Waals surface area (Å²) in [5.41, 5.74) is 3.73. The zero-order valence-corrected chi connectivity index (χ0v) is 11.1. The molecule has 0 spiro atoms. The third-order valence-electron chi connectivity index (χ3n) is 2.31. The van der Waals surface area contributed by atoms with Crippen LogP contribution in [0.3, 0.4) is 0 Å². The van der Waals surface area contributed by atoms with E-state index >= 15 is 0 Å². The highest BCUT2D eigenvalue weighted by molar-refractivity contribution is 7.79. The van der Waals surface area contributed by atoms with Crippen LogP contribution in [0.25, 0.3) is 0 Å². The van der Waals surface area contributed by atoms with Crippen LogP contribution in [-0.2, 0) is 6.42 Å². The highest BCUT2D eigenvalue weighted by Crippen LogP contribution is 2.19. The van der Waals surface area contributed by atoms with Crippen LogP contribution in [0.15, 0.2) is 18.2 Å². The average Bonchev–Trinajstić information content (AvgIpc) is 2.24. The second-order valence-corrected chi connectivity index (χ2v) is 3.86. The second-order valence-electron chi connectivity index (χ2n) is 3.86. The van der Waals surface area contributed by atoms with Gasteiger partial charge in [0.1, 0.15) is 7.85 Å². The van der Waals surface area contributed by atoms with Crippen LogP contribution in [0, 0.1) is 0 Å². The third kappa shape index (κ3) is 4.79. The fraction of sp³-hybridized carbons (Fsp3) is 0.538. The molecule has 0 aromatic heterocycles. The summed E-state index contributed by atoms with van der Waals surface area (Å²) in [6, 6.07) is 6.26. The van der Waals surface area contributed by atoms with Gasteiger partial charge in [-0.3, -0.25) is 0 Å². The monoisotopic (exact) mass is 220 g/mol. The van der Waals surface area contributed by atoms with Gasteiger partial charge in [0.15, 0.2) is 0 Å². The molecule has 0 amide bonds.